The molecule has 116 valence electrons. The number of hydrogen-bond acceptors (Lipinski definition) is 1. The topological polar surface area (TPSA) is 12.0 Å². The van der Waals surface area contributed by atoms with Crippen LogP contribution >= 0.6 is 0 Å². The Morgan fingerprint density at radius 1 is 0.773 bits per heavy atom. The van der Waals surface area contributed by atoms with Crippen molar-refractivity contribution in [1.29, 1.82) is 0 Å². The first-order valence-corrected chi connectivity index (χ1v) is 7.90. The Bertz CT molecular complexity index is 653. The van der Waals surface area contributed by atoms with Crippen molar-refractivity contribution in [2.75, 3.05) is 5.32 Å². The molecule has 0 aliphatic rings. The van der Waals surface area contributed by atoms with Gasteiger partial charge in [-0.25, -0.2) is 0 Å². The molecule has 1 nitrogen and oxygen atoms in total. The van der Waals surface area contributed by atoms with Crippen LogP contribution in [0.2, 0.25) is 0 Å². The molecule has 0 aromatic heterocycles. The Morgan fingerprint density at radius 3 is 1.73 bits per heavy atom. The van der Waals surface area contributed by atoms with E-state index in [1.807, 2.05) is 0 Å². The van der Waals surface area contributed by atoms with Gasteiger partial charge in [-0.1, -0.05) is 48.6 Å². The summed E-state index contributed by atoms with van der Waals surface area (Å²) >= 11 is 0. The number of rotatable bonds is 4. The molecule has 0 spiro atoms. The van der Waals surface area contributed by atoms with Crippen LogP contribution in [0.1, 0.15) is 41.7 Å². The van der Waals surface area contributed by atoms with Crippen LogP contribution in [0.3, 0.4) is 0 Å². The number of para-hydroxylation sites is 1. The maximum absolute atomic E-state index is 3.68. The Balaban J connectivity index is 2.26. The van der Waals surface area contributed by atoms with E-state index in [4.69, 9.17) is 0 Å². The number of nitrogens with one attached hydrogen (secondary N) is 1. The summed E-state index contributed by atoms with van der Waals surface area (Å²) in [6.45, 7) is 13.1. The number of aryl methyl sites for hydroxylation is 4. The van der Waals surface area contributed by atoms with Crippen molar-refractivity contribution in [3.05, 3.63) is 70.3 Å². The Kier molecular flexibility index (Phi) is 4.75. The van der Waals surface area contributed by atoms with Gasteiger partial charge in [-0.2, -0.15) is 0 Å². The molecular weight excluding hydrogens is 266 g/mol. The van der Waals surface area contributed by atoms with E-state index in [1.54, 1.807) is 0 Å². The van der Waals surface area contributed by atoms with Gasteiger partial charge < -0.3 is 5.32 Å². The van der Waals surface area contributed by atoms with Crippen molar-refractivity contribution >= 4 is 11.8 Å². The first-order valence-electron chi connectivity index (χ1n) is 7.90. The molecule has 0 bridgehead atoms. The summed E-state index contributed by atoms with van der Waals surface area (Å²) in [5.41, 5.74) is 7.66. The van der Waals surface area contributed by atoms with Crippen LogP contribution in [0.5, 0.6) is 0 Å². The lowest BCUT2D eigenvalue weighted by Crippen LogP contribution is -2.28. The zero-order chi connectivity index (χ0) is 16.3. The van der Waals surface area contributed by atoms with Crippen molar-refractivity contribution in [2.45, 2.75) is 47.1 Å². The molecule has 0 radical (unpaired) electrons. The minimum absolute atomic E-state index is 0.106. The van der Waals surface area contributed by atoms with Gasteiger partial charge in [0.2, 0.25) is 0 Å². The summed E-state index contributed by atoms with van der Waals surface area (Å²) in [6.07, 6.45) is 4.50. The molecule has 1 heteroatoms. The molecule has 2 rings (SSSR count). The molecule has 0 unspecified atom stereocenters. The van der Waals surface area contributed by atoms with Gasteiger partial charge in [0.05, 0.1) is 5.54 Å². The molecule has 0 fully saturated rings. The maximum atomic E-state index is 3.68. The van der Waals surface area contributed by atoms with Gasteiger partial charge in [0.25, 0.3) is 0 Å². The molecule has 2 aromatic carbocycles. The predicted molar refractivity (Wildman–Crippen MR) is 98.6 cm³/mol. The maximum Gasteiger partial charge on any atom is 0.0503 e. The summed E-state index contributed by atoms with van der Waals surface area (Å²) in [5, 5.41) is 3.68. The van der Waals surface area contributed by atoms with E-state index in [0.717, 1.165) is 0 Å². The van der Waals surface area contributed by atoms with Crippen molar-refractivity contribution in [2.24, 2.45) is 0 Å². The summed E-state index contributed by atoms with van der Waals surface area (Å²) < 4.78 is 0. The summed E-state index contributed by atoms with van der Waals surface area (Å²) in [7, 11) is 0. The molecule has 2 aromatic rings. The van der Waals surface area contributed by atoms with Gasteiger partial charge in [-0.3, -0.25) is 0 Å². The largest absolute Gasteiger partial charge is 0.376 e. The highest BCUT2D eigenvalue weighted by atomic mass is 15.0. The fourth-order valence-corrected chi connectivity index (χ4v) is 2.76. The highest BCUT2D eigenvalue weighted by Gasteiger charge is 2.15. The molecule has 0 aliphatic heterocycles. The summed E-state index contributed by atoms with van der Waals surface area (Å²) in [5.74, 6) is 0. The molecule has 22 heavy (non-hydrogen) atoms. The van der Waals surface area contributed by atoms with Gasteiger partial charge in [0.1, 0.15) is 0 Å². The lowest BCUT2D eigenvalue weighted by atomic mass is 9.97. The monoisotopic (exact) mass is 293 g/mol. The van der Waals surface area contributed by atoms with Crippen molar-refractivity contribution in [3.8, 4) is 0 Å². The van der Waals surface area contributed by atoms with Crippen LogP contribution in [0.15, 0.2) is 42.5 Å². The SMILES string of the molecule is Cc1cccc(C)c1/C=C/C(C)(C)Nc1c(C)cccc1C. The number of hydrogen-bond donors (Lipinski definition) is 1. The van der Waals surface area contributed by atoms with Crippen LogP contribution in [-0.4, -0.2) is 5.54 Å². The summed E-state index contributed by atoms with van der Waals surface area (Å²) in [4.78, 5) is 0. The van der Waals surface area contributed by atoms with E-state index in [2.05, 4.69) is 95.4 Å². The van der Waals surface area contributed by atoms with Crippen LogP contribution in [0.4, 0.5) is 5.69 Å². The van der Waals surface area contributed by atoms with Gasteiger partial charge in [0.15, 0.2) is 0 Å². The van der Waals surface area contributed by atoms with Gasteiger partial charge in [0, 0.05) is 5.69 Å². The Labute approximate surface area is 135 Å². The smallest absolute Gasteiger partial charge is 0.0503 e. The lowest BCUT2D eigenvalue weighted by molar-refractivity contribution is 0.714. The fourth-order valence-electron chi connectivity index (χ4n) is 2.76. The second kappa shape index (κ2) is 6.39. The highest BCUT2D eigenvalue weighted by molar-refractivity contribution is 5.62. The Hall–Kier alpha value is -2.02. The van der Waals surface area contributed by atoms with Crippen LogP contribution < -0.4 is 5.32 Å². The highest BCUT2D eigenvalue weighted by Crippen LogP contribution is 2.25. The molecular formula is C21H27N. The van der Waals surface area contributed by atoms with E-state index in [9.17, 15) is 0 Å². The normalized spacial score (nSPS) is 11.9. The van der Waals surface area contributed by atoms with Crippen LogP contribution in [0, 0.1) is 27.7 Å². The van der Waals surface area contributed by atoms with Crippen molar-refractivity contribution < 1.29 is 0 Å². The van der Waals surface area contributed by atoms with E-state index < -0.39 is 0 Å². The average molecular weight is 293 g/mol. The number of anilines is 1. The second-order valence-corrected chi connectivity index (χ2v) is 6.75. The Morgan fingerprint density at radius 2 is 1.23 bits per heavy atom. The van der Waals surface area contributed by atoms with Crippen molar-refractivity contribution in [1.82, 2.24) is 0 Å². The predicted octanol–water partition coefficient (Wildman–Crippen LogP) is 5.82. The molecule has 0 amide bonds. The van der Waals surface area contributed by atoms with E-state index >= 15 is 0 Å². The van der Waals surface area contributed by atoms with Crippen LogP contribution in [-0.2, 0) is 0 Å². The molecule has 0 saturated carbocycles. The third-order valence-electron chi connectivity index (χ3n) is 4.14. The molecule has 0 atom stereocenters. The fraction of sp³-hybridized carbons (Fsp3) is 0.333. The quantitative estimate of drug-likeness (QED) is 0.748. The minimum atomic E-state index is -0.106. The average Bonchev–Trinajstić information content (AvgIpc) is 2.42. The van der Waals surface area contributed by atoms with Crippen molar-refractivity contribution in [3.63, 3.8) is 0 Å². The first-order chi connectivity index (χ1) is 10.3. The standard InChI is InChI=1S/C21H27N/c1-15-9-7-10-16(2)19(15)13-14-21(5,6)22-20-17(3)11-8-12-18(20)4/h7-14,22H,1-6H3/b14-13+. The zero-order valence-electron chi connectivity index (χ0n) is 14.6. The molecule has 0 heterocycles. The van der Waals surface area contributed by atoms with E-state index in [0.29, 0.717) is 0 Å². The summed E-state index contributed by atoms with van der Waals surface area (Å²) in [6, 6.07) is 12.9. The van der Waals surface area contributed by atoms with E-state index in [-0.39, 0.29) is 5.54 Å². The van der Waals surface area contributed by atoms with Gasteiger partial charge in [-0.15, -0.1) is 0 Å². The van der Waals surface area contributed by atoms with Gasteiger partial charge in [-0.05, 0) is 69.4 Å². The molecule has 0 saturated heterocycles. The lowest BCUT2D eigenvalue weighted by Gasteiger charge is -2.26. The van der Waals surface area contributed by atoms with E-state index in [1.165, 1.54) is 33.5 Å². The number of benzene rings is 2. The first kappa shape index (κ1) is 16.4. The third-order valence-corrected chi connectivity index (χ3v) is 4.14. The molecule has 1 N–H and O–H groups in total. The molecule has 0 aliphatic carbocycles. The second-order valence-electron chi connectivity index (χ2n) is 6.75. The minimum Gasteiger partial charge on any atom is -0.376 e. The van der Waals surface area contributed by atoms with Gasteiger partial charge >= 0.3 is 0 Å². The zero-order valence-corrected chi connectivity index (χ0v) is 14.6. The van der Waals surface area contributed by atoms with Crippen LogP contribution in [0.25, 0.3) is 6.08 Å². The third kappa shape index (κ3) is 3.79.